The van der Waals surface area contributed by atoms with E-state index < -0.39 is 0 Å². The molecule has 116 valence electrons. The van der Waals surface area contributed by atoms with E-state index in [1.165, 1.54) is 38.8 Å². The highest BCUT2D eigenvalue weighted by molar-refractivity contribution is 5.68. The first-order chi connectivity index (χ1) is 9.44. The van der Waals surface area contributed by atoms with Crippen LogP contribution in [0.4, 0.5) is 4.79 Å². The molecule has 2 heterocycles. The van der Waals surface area contributed by atoms with Crippen molar-refractivity contribution in [3.8, 4) is 0 Å². The van der Waals surface area contributed by atoms with Crippen LogP contribution in [0.5, 0.6) is 0 Å². The van der Waals surface area contributed by atoms with Crippen LogP contribution in [-0.4, -0.2) is 42.8 Å². The van der Waals surface area contributed by atoms with Crippen LogP contribution in [0, 0.1) is 11.8 Å². The molecule has 20 heavy (non-hydrogen) atoms. The number of hydrogen-bond donors (Lipinski definition) is 1. The highest BCUT2D eigenvalue weighted by Crippen LogP contribution is 2.26. The van der Waals surface area contributed by atoms with Gasteiger partial charge < -0.3 is 15.0 Å². The van der Waals surface area contributed by atoms with Gasteiger partial charge in [0, 0.05) is 13.1 Å². The van der Waals surface area contributed by atoms with Gasteiger partial charge in [0.15, 0.2) is 0 Å². The van der Waals surface area contributed by atoms with Crippen LogP contribution >= 0.6 is 0 Å². The van der Waals surface area contributed by atoms with Crippen molar-refractivity contribution < 1.29 is 9.53 Å². The van der Waals surface area contributed by atoms with Crippen molar-refractivity contribution in [1.29, 1.82) is 0 Å². The van der Waals surface area contributed by atoms with Gasteiger partial charge in [0.05, 0.1) is 0 Å². The number of amides is 1. The molecule has 0 aromatic heterocycles. The fourth-order valence-electron chi connectivity index (χ4n) is 3.23. The Hall–Kier alpha value is -0.770. The second-order valence-electron chi connectivity index (χ2n) is 7.37. The summed E-state index contributed by atoms with van der Waals surface area (Å²) >= 11 is 0. The van der Waals surface area contributed by atoms with Crippen molar-refractivity contribution in [3.63, 3.8) is 0 Å². The van der Waals surface area contributed by atoms with Crippen molar-refractivity contribution in [1.82, 2.24) is 10.2 Å². The van der Waals surface area contributed by atoms with E-state index in [1.807, 2.05) is 25.7 Å². The van der Waals surface area contributed by atoms with Crippen molar-refractivity contribution in [3.05, 3.63) is 0 Å². The first-order valence-electron chi connectivity index (χ1n) is 8.13. The molecule has 2 fully saturated rings. The molecule has 0 radical (unpaired) electrons. The van der Waals surface area contributed by atoms with E-state index in [9.17, 15) is 4.79 Å². The summed E-state index contributed by atoms with van der Waals surface area (Å²) in [5.74, 6) is 1.52. The number of piperidine rings is 1. The number of nitrogens with one attached hydrogen (secondary N) is 1. The third-order valence-corrected chi connectivity index (χ3v) is 4.32. The first-order valence-corrected chi connectivity index (χ1v) is 8.13. The zero-order valence-electron chi connectivity index (χ0n) is 13.3. The molecule has 0 spiro atoms. The normalized spacial score (nSPS) is 27.6. The summed E-state index contributed by atoms with van der Waals surface area (Å²) in [6.07, 6.45) is 6.13. The monoisotopic (exact) mass is 282 g/mol. The molecule has 0 saturated carbocycles. The molecule has 1 amide bonds. The van der Waals surface area contributed by atoms with Crippen LogP contribution in [0.2, 0.25) is 0 Å². The summed E-state index contributed by atoms with van der Waals surface area (Å²) in [6, 6.07) is 0. The molecule has 4 nitrogen and oxygen atoms in total. The Balaban J connectivity index is 1.74. The number of carbonyl (C=O) groups is 1. The van der Waals surface area contributed by atoms with Gasteiger partial charge in [-0.3, -0.25) is 0 Å². The van der Waals surface area contributed by atoms with Crippen molar-refractivity contribution in [2.75, 3.05) is 26.2 Å². The minimum absolute atomic E-state index is 0.135. The molecular weight excluding hydrogens is 252 g/mol. The lowest BCUT2D eigenvalue weighted by Crippen LogP contribution is -2.42. The van der Waals surface area contributed by atoms with Gasteiger partial charge in [0.25, 0.3) is 0 Å². The third-order valence-electron chi connectivity index (χ3n) is 4.32. The fraction of sp³-hybridized carbons (Fsp3) is 0.938. The van der Waals surface area contributed by atoms with E-state index in [-0.39, 0.29) is 11.7 Å². The number of carbonyl (C=O) groups excluding carboxylic acids is 1. The molecule has 2 unspecified atom stereocenters. The topological polar surface area (TPSA) is 41.6 Å². The van der Waals surface area contributed by atoms with E-state index in [0.29, 0.717) is 5.92 Å². The molecule has 0 aromatic carbocycles. The third kappa shape index (κ3) is 4.97. The smallest absolute Gasteiger partial charge is 0.410 e. The summed E-state index contributed by atoms with van der Waals surface area (Å²) in [5, 5.41) is 3.43. The Kier molecular flexibility index (Phi) is 5.30. The number of likely N-dealkylation sites (tertiary alicyclic amines) is 1. The van der Waals surface area contributed by atoms with Crippen LogP contribution in [0.15, 0.2) is 0 Å². The molecule has 2 aliphatic rings. The minimum Gasteiger partial charge on any atom is -0.444 e. The van der Waals surface area contributed by atoms with Gasteiger partial charge in [0.1, 0.15) is 5.60 Å². The summed E-state index contributed by atoms with van der Waals surface area (Å²) in [6.45, 7) is 9.89. The molecule has 2 rings (SSSR count). The zero-order chi connectivity index (χ0) is 14.6. The second-order valence-corrected chi connectivity index (χ2v) is 7.37. The number of nitrogens with zero attached hydrogens (tertiary/aromatic N) is 1. The maximum Gasteiger partial charge on any atom is 0.410 e. The van der Waals surface area contributed by atoms with Gasteiger partial charge in [-0.1, -0.05) is 0 Å². The molecule has 0 aliphatic carbocycles. The Morgan fingerprint density at radius 1 is 1.25 bits per heavy atom. The van der Waals surface area contributed by atoms with Crippen LogP contribution in [-0.2, 0) is 4.74 Å². The molecule has 2 aliphatic heterocycles. The Morgan fingerprint density at radius 3 is 2.65 bits per heavy atom. The summed E-state index contributed by atoms with van der Waals surface area (Å²) < 4.78 is 5.48. The second kappa shape index (κ2) is 6.79. The molecule has 4 heteroatoms. The average molecular weight is 282 g/mol. The standard InChI is InChI=1S/C16H30N2O2/c1-16(2,3)20-15(19)18-10-4-5-14(12-18)7-6-13-8-9-17-11-13/h13-14,17H,4-12H2,1-3H3. The number of ether oxygens (including phenoxy) is 1. The maximum absolute atomic E-state index is 12.1. The van der Waals surface area contributed by atoms with Crippen molar-refractivity contribution >= 4 is 6.09 Å². The molecular formula is C16H30N2O2. The van der Waals surface area contributed by atoms with Gasteiger partial charge in [-0.2, -0.15) is 0 Å². The van der Waals surface area contributed by atoms with Crippen LogP contribution < -0.4 is 5.32 Å². The Morgan fingerprint density at radius 2 is 2.00 bits per heavy atom. The Labute approximate surface area is 123 Å². The minimum atomic E-state index is -0.389. The lowest BCUT2D eigenvalue weighted by Gasteiger charge is -2.34. The first kappa shape index (κ1) is 15.6. The van der Waals surface area contributed by atoms with E-state index >= 15 is 0 Å². The van der Waals surface area contributed by atoms with E-state index in [4.69, 9.17) is 4.74 Å². The largest absolute Gasteiger partial charge is 0.444 e. The Bertz CT molecular complexity index is 319. The molecule has 0 aromatic rings. The van der Waals surface area contributed by atoms with Crippen molar-refractivity contribution in [2.24, 2.45) is 11.8 Å². The summed E-state index contributed by atoms with van der Waals surface area (Å²) in [5.41, 5.74) is -0.389. The van der Waals surface area contributed by atoms with Gasteiger partial charge in [-0.05, 0) is 77.8 Å². The van der Waals surface area contributed by atoms with Gasteiger partial charge in [-0.25, -0.2) is 4.79 Å². The quantitative estimate of drug-likeness (QED) is 0.865. The predicted molar refractivity (Wildman–Crippen MR) is 80.7 cm³/mol. The van der Waals surface area contributed by atoms with E-state index in [1.54, 1.807) is 0 Å². The molecule has 2 saturated heterocycles. The SMILES string of the molecule is CC(C)(C)OC(=O)N1CCCC(CCC2CCNC2)C1. The van der Waals surface area contributed by atoms with Gasteiger partial charge in [0.2, 0.25) is 0 Å². The predicted octanol–water partition coefficient (Wildman–Crippen LogP) is 3.02. The number of rotatable bonds is 3. The van der Waals surface area contributed by atoms with Gasteiger partial charge in [-0.15, -0.1) is 0 Å². The van der Waals surface area contributed by atoms with Crippen LogP contribution in [0.25, 0.3) is 0 Å². The average Bonchev–Trinajstić information content (AvgIpc) is 2.88. The lowest BCUT2D eigenvalue weighted by atomic mass is 9.89. The summed E-state index contributed by atoms with van der Waals surface area (Å²) in [4.78, 5) is 14.0. The molecule has 1 N–H and O–H groups in total. The molecule has 2 atom stereocenters. The summed E-state index contributed by atoms with van der Waals surface area (Å²) in [7, 11) is 0. The van der Waals surface area contributed by atoms with Gasteiger partial charge >= 0.3 is 6.09 Å². The van der Waals surface area contributed by atoms with E-state index in [2.05, 4.69) is 5.32 Å². The highest BCUT2D eigenvalue weighted by atomic mass is 16.6. The lowest BCUT2D eigenvalue weighted by molar-refractivity contribution is 0.0159. The van der Waals surface area contributed by atoms with Crippen molar-refractivity contribution in [2.45, 2.75) is 58.5 Å². The van der Waals surface area contributed by atoms with Crippen LogP contribution in [0.3, 0.4) is 0 Å². The fourth-order valence-corrected chi connectivity index (χ4v) is 3.23. The maximum atomic E-state index is 12.1. The highest BCUT2D eigenvalue weighted by Gasteiger charge is 2.28. The van der Waals surface area contributed by atoms with E-state index in [0.717, 1.165) is 25.4 Å². The number of hydrogen-bond acceptors (Lipinski definition) is 3. The van der Waals surface area contributed by atoms with Crippen LogP contribution in [0.1, 0.15) is 52.9 Å². The molecule has 0 bridgehead atoms. The zero-order valence-corrected chi connectivity index (χ0v) is 13.3.